The number of allylic oxidation sites excluding steroid dienone is 14. The normalized spacial score (nSPS) is 12.6. The Morgan fingerprint density at radius 2 is 0.481 bits per heavy atom. The summed E-state index contributed by atoms with van der Waals surface area (Å²) < 4.78 is 16.9. The average molecular weight is 1130 g/mol. The zero-order valence-electron chi connectivity index (χ0n) is 53.8. The van der Waals surface area contributed by atoms with Gasteiger partial charge in [0.1, 0.15) is 13.2 Å². The van der Waals surface area contributed by atoms with Crippen molar-refractivity contribution in [3.63, 3.8) is 0 Å². The number of ether oxygens (including phenoxy) is 3. The van der Waals surface area contributed by atoms with Crippen LogP contribution < -0.4 is 0 Å². The second kappa shape index (κ2) is 69.1. The SMILES string of the molecule is CC/C=C\C/C=C\C/C=C\C/C=C\CCCCC(=O)OCC(COC(=O)CCCCCCCCCCCCCCCCCCCCCCCCCCC)OC(=O)CCCCCCCCCC/C=C\C/C=C\C/C=C\CCCCCCC. The van der Waals surface area contributed by atoms with E-state index in [9.17, 15) is 14.4 Å². The van der Waals surface area contributed by atoms with Crippen molar-refractivity contribution in [2.24, 2.45) is 0 Å². The molecule has 0 radical (unpaired) electrons. The molecule has 468 valence electrons. The fourth-order valence-corrected chi connectivity index (χ4v) is 10.2. The Balaban J connectivity index is 4.34. The van der Waals surface area contributed by atoms with Gasteiger partial charge in [-0.05, 0) is 96.3 Å². The van der Waals surface area contributed by atoms with Crippen LogP contribution in [0.5, 0.6) is 0 Å². The van der Waals surface area contributed by atoms with E-state index in [0.29, 0.717) is 19.3 Å². The summed E-state index contributed by atoms with van der Waals surface area (Å²) in [5, 5.41) is 0. The van der Waals surface area contributed by atoms with Gasteiger partial charge in [-0.15, -0.1) is 0 Å². The van der Waals surface area contributed by atoms with Crippen molar-refractivity contribution in [2.75, 3.05) is 13.2 Å². The smallest absolute Gasteiger partial charge is 0.306 e. The van der Waals surface area contributed by atoms with Crippen LogP contribution in [0.25, 0.3) is 0 Å². The maximum Gasteiger partial charge on any atom is 0.306 e. The van der Waals surface area contributed by atoms with Crippen LogP contribution >= 0.6 is 0 Å². The second-order valence-electron chi connectivity index (χ2n) is 23.4. The summed E-state index contributed by atoms with van der Waals surface area (Å²) in [7, 11) is 0. The Labute approximate surface area is 503 Å². The Morgan fingerprint density at radius 3 is 0.778 bits per heavy atom. The molecule has 0 heterocycles. The highest BCUT2D eigenvalue weighted by Gasteiger charge is 2.19. The molecule has 6 nitrogen and oxygen atoms in total. The number of carbonyl (C=O) groups is 3. The highest BCUT2D eigenvalue weighted by atomic mass is 16.6. The lowest BCUT2D eigenvalue weighted by atomic mass is 10.0. The lowest BCUT2D eigenvalue weighted by Gasteiger charge is -2.18. The van der Waals surface area contributed by atoms with E-state index >= 15 is 0 Å². The van der Waals surface area contributed by atoms with Gasteiger partial charge in [-0.3, -0.25) is 14.4 Å². The number of carbonyl (C=O) groups excluding carboxylic acids is 3. The van der Waals surface area contributed by atoms with Gasteiger partial charge in [0.2, 0.25) is 0 Å². The van der Waals surface area contributed by atoms with E-state index in [1.54, 1.807) is 0 Å². The predicted molar refractivity (Wildman–Crippen MR) is 353 cm³/mol. The molecule has 0 aliphatic carbocycles. The lowest BCUT2D eigenvalue weighted by molar-refractivity contribution is -0.167. The molecule has 0 saturated heterocycles. The van der Waals surface area contributed by atoms with Crippen molar-refractivity contribution < 1.29 is 28.6 Å². The van der Waals surface area contributed by atoms with Crippen LogP contribution in [-0.4, -0.2) is 37.2 Å². The van der Waals surface area contributed by atoms with Crippen LogP contribution in [-0.2, 0) is 28.6 Å². The van der Waals surface area contributed by atoms with Crippen molar-refractivity contribution >= 4 is 17.9 Å². The Hall–Kier alpha value is -3.41. The summed E-state index contributed by atoms with van der Waals surface area (Å²) in [6.07, 6.45) is 91.9. The molecule has 81 heavy (non-hydrogen) atoms. The zero-order chi connectivity index (χ0) is 58.5. The fourth-order valence-electron chi connectivity index (χ4n) is 10.2. The van der Waals surface area contributed by atoms with E-state index in [4.69, 9.17) is 14.2 Å². The van der Waals surface area contributed by atoms with E-state index in [0.717, 1.165) is 103 Å². The number of hydrogen-bond acceptors (Lipinski definition) is 6. The standard InChI is InChI=1S/C75H132O6/c1-4-7-10-13-16-19-22-25-28-30-32-34-36-37-39-40-42-44-47-50-53-56-59-62-65-68-74(77)80-71-72(70-79-73(76)67-64-61-58-55-52-49-46-27-24-21-18-15-12-9-6-3)81-75(78)69-66-63-60-57-54-51-48-45-43-41-38-35-33-31-29-26-23-20-17-14-11-8-5-2/h9,12,18,21,23,26-27,31,33,38,41,46,52,55,72H,4-8,10-11,13-17,19-20,22,24-25,28-30,32,34-37,39-40,42-45,47-51,53-54,56-71H2,1-3H3/b12-9-,21-18-,26-23-,33-31-,41-38-,46-27-,55-52-. The van der Waals surface area contributed by atoms with Crippen molar-refractivity contribution in [2.45, 2.75) is 361 Å². The summed E-state index contributed by atoms with van der Waals surface area (Å²) in [4.78, 5) is 38.4. The van der Waals surface area contributed by atoms with Gasteiger partial charge < -0.3 is 14.2 Å². The van der Waals surface area contributed by atoms with Gasteiger partial charge in [0.15, 0.2) is 6.10 Å². The molecule has 0 rings (SSSR count). The monoisotopic (exact) mass is 1130 g/mol. The summed E-state index contributed by atoms with van der Waals surface area (Å²) in [6.45, 7) is 6.52. The fraction of sp³-hybridized carbons (Fsp3) is 0.773. The third-order valence-corrected chi connectivity index (χ3v) is 15.4. The summed E-state index contributed by atoms with van der Waals surface area (Å²) in [6, 6.07) is 0. The predicted octanol–water partition coefficient (Wildman–Crippen LogP) is 24.2. The Bertz CT molecular complexity index is 1530. The van der Waals surface area contributed by atoms with Crippen LogP contribution in [0.3, 0.4) is 0 Å². The molecule has 6 heteroatoms. The van der Waals surface area contributed by atoms with Gasteiger partial charge in [-0.2, -0.15) is 0 Å². The molecule has 0 spiro atoms. The highest BCUT2D eigenvalue weighted by Crippen LogP contribution is 2.18. The maximum atomic E-state index is 13.0. The van der Waals surface area contributed by atoms with E-state index in [2.05, 4.69) is 106 Å². The molecule has 0 aromatic rings. The number of unbranched alkanes of at least 4 members (excludes halogenated alkanes) is 39. The summed E-state index contributed by atoms with van der Waals surface area (Å²) >= 11 is 0. The summed E-state index contributed by atoms with van der Waals surface area (Å²) in [5.74, 6) is -0.923. The third kappa shape index (κ3) is 67.3. The van der Waals surface area contributed by atoms with Crippen molar-refractivity contribution in [3.8, 4) is 0 Å². The topological polar surface area (TPSA) is 78.9 Å². The molecule has 0 N–H and O–H groups in total. The van der Waals surface area contributed by atoms with Crippen LogP contribution in [0, 0.1) is 0 Å². The van der Waals surface area contributed by atoms with Gasteiger partial charge in [0.25, 0.3) is 0 Å². The minimum absolute atomic E-state index is 0.0901. The summed E-state index contributed by atoms with van der Waals surface area (Å²) in [5.41, 5.74) is 0. The molecule has 0 fully saturated rings. The first-order chi connectivity index (χ1) is 40.0. The molecule has 0 saturated carbocycles. The molecule has 0 aromatic carbocycles. The minimum atomic E-state index is -0.799. The molecule has 0 aliphatic heterocycles. The molecule has 1 unspecified atom stereocenters. The maximum absolute atomic E-state index is 13.0. The van der Waals surface area contributed by atoms with Gasteiger partial charge in [-0.1, -0.05) is 324 Å². The van der Waals surface area contributed by atoms with Crippen LogP contribution in [0.4, 0.5) is 0 Å². The molecule has 0 amide bonds. The number of hydrogen-bond donors (Lipinski definition) is 0. The average Bonchev–Trinajstić information content (AvgIpc) is 3.47. The van der Waals surface area contributed by atoms with E-state index in [1.807, 2.05) is 0 Å². The van der Waals surface area contributed by atoms with Gasteiger partial charge in [0.05, 0.1) is 0 Å². The van der Waals surface area contributed by atoms with Crippen molar-refractivity contribution in [1.82, 2.24) is 0 Å². The van der Waals surface area contributed by atoms with E-state index in [-0.39, 0.29) is 31.1 Å². The zero-order valence-corrected chi connectivity index (χ0v) is 53.8. The molecule has 0 aromatic heterocycles. The first-order valence-corrected chi connectivity index (χ1v) is 35.1. The van der Waals surface area contributed by atoms with Crippen molar-refractivity contribution in [1.29, 1.82) is 0 Å². The third-order valence-electron chi connectivity index (χ3n) is 15.4. The molecule has 0 aliphatic rings. The molecular formula is C75H132O6. The largest absolute Gasteiger partial charge is 0.462 e. The van der Waals surface area contributed by atoms with Crippen LogP contribution in [0.2, 0.25) is 0 Å². The molecular weight excluding hydrogens is 997 g/mol. The van der Waals surface area contributed by atoms with Gasteiger partial charge in [-0.25, -0.2) is 0 Å². The number of rotatable bonds is 64. The van der Waals surface area contributed by atoms with Crippen LogP contribution in [0.15, 0.2) is 85.1 Å². The second-order valence-corrected chi connectivity index (χ2v) is 23.4. The van der Waals surface area contributed by atoms with Gasteiger partial charge >= 0.3 is 17.9 Å². The number of esters is 3. The Kier molecular flexibility index (Phi) is 66.2. The first-order valence-electron chi connectivity index (χ1n) is 35.1. The quantitative estimate of drug-likeness (QED) is 0.0261. The van der Waals surface area contributed by atoms with Gasteiger partial charge in [0, 0.05) is 19.3 Å². The van der Waals surface area contributed by atoms with Crippen LogP contribution in [0.1, 0.15) is 355 Å². The van der Waals surface area contributed by atoms with E-state index in [1.165, 1.54) is 212 Å². The van der Waals surface area contributed by atoms with E-state index < -0.39 is 6.10 Å². The highest BCUT2D eigenvalue weighted by molar-refractivity contribution is 5.71. The Morgan fingerprint density at radius 1 is 0.259 bits per heavy atom. The van der Waals surface area contributed by atoms with Crippen molar-refractivity contribution in [3.05, 3.63) is 85.1 Å². The minimum Gasteiger partial charge on any atom is -0.462 e. The lowest BCUT2D eigenvalue weighted by Crippen LogP contribution is -2.30. The first kappa shape index (κ1) is 77.6. The molecule has 1 atom stereocenters. The molecule has 0 bridgehead atoms.